The van der Waals surface area contributed by atoms with Crippen LogP contribution >= 0.6 is 11.8 Å². The average Bonchev–Trinajstić information content (AvgIpc) is 2.92. The molecule has 136 valence electrons. The van der Waals surface area contributed by atoms with Gasteiger partial charge in [0.1, 0.15) is 0 Å². The second kappa shape index (κ2) is 8.23. The summed E-state index contributed by atoms with van der Waals surface area (Å²) in [6, 6.07) is 8.27. The third kappa shape index (κ3) is 4.18. The molecule has 3 saturated heterocycles. The van der Waals surface area contributed by atoms with Crippen molar-refractivity contribution in [2.24, 2.45) is 5.92 Å². The number of amides is 2. The highest BCUT2D eigenvalue weighted by molar-refractivity contribution is 7.98. The van der Waals surface area contributed by atoms with Crippen molar-refractivity contribution in [2.45, 2.75) is 30.2 Å². The first-order valence-electron chi connectivity index (χ1n) is 8.82. The molecule has 0 spiro atoms. The lowest BCUT2D eigenvalue weighted by Crippen LogP contribution is -2.49. The molecule has 3 aliphatic heterocycles. The van der Waals surface area contributed by atoms with Gasteiger partial charge in [0.05, 0.1) is 18.9 Å². The van der Waals surface area contributed by atoms with Crippen molar-refractivity contribution in [3.05, 3.63) is 29.8 Å². The number of carbonyl (C=O) groups excluding carboxylic acids is 2. The molecular formula is C19H26N2O3S. The summed E-state index contributed by atoms with van der Waals surface area (Å²) in [5.41, 5.74) is 1.03. The van der Waals surface area contributed by atoms with Gasteiger partial charge in [0.15, 0.2) is 0 Å². The SMILES string of the molecule is COCCN1C(=O)[C@H]2CC[C@@H]1CN(C(=O)Cc1ccc(SC)cc1)C2. The van der Waals surface area contributed by atoms with E-state index in [1.165, 1.54) is 4.90 Å². The highest BCUT2D eigenvalue weighted by atomic mass is 32.2. The molecule has 0 saturated carbocycles. The minimum atomic E-state index is -0.0570. The molecule has 3 fully saturated rings. The Kier molecular flexibility index (Phi) is 6.02. The van der Waals surface area contributed by atoms with E-state index in [1.807, 2.05) is 28.2 Å². The molecule has 5 nitrogen and oxygen atoms in total. The number of hydrogen-bond donors (Lipinski definition) is 0. The number of piperidine rings is 1. The molecular weight excluding hydrogens is 336 g/mol. The van der Waals surface area contributed by atoms with E-state index in [0.717, 1.165) is 18.4 Å². The summed E-state index contributed by atoms with van der Waals surface area (Å²) >= 11 is 1.69. The van der Waals surface area contributed by atoms with E-state index in [0.29, 0.717) is 32.7 Å². The van der Waals surface area contributed by atoms with E-state index < -0.39 is 0 Å². The van der Waals surface area contributed by atoms with Gasteiger partial charge in [-0.15, -0.1) is 11.8 Å². The summed E-state index contributed by atoms with van der Waals surface area (Å²) in [6.07, 6.45) is 4.31. The van der Waals surface area contributed by atoms with Crippen molar-refractivity contribution in [3.8, 4) is 0 Å². The van der Waals surface area contributed by atoms with E-state index in [1.54, 1.807) is 18.9 Å². The second-order valence-electron chi connectivity index (χ2n) is 6.78. The topological polar surface area (TPSA) is 49.9 Å². The number of benzene rings is 1. The van der Waals surface area contributed by atoms with Crippen molar-refractivity contribution in [1.82, 2.24) is 9.80 Å². The maximum absolute atomic E-state index is 12.8. The lowest BCUT2D eigenvalue weighted by molar-refractivity contribution is -0.140. The molecule has 6 heteroatoms. The molecule has 0 unspecified atom stereocenters. The van der Waals surface area contributed by atoms with Crippen LogP contribution in [0.1, 0.15) is 18.4 Å². The van der Waals surface area contributed by atoms with Crippen LogP contribution in [0.2, 0.25) is 0 Å². The Balaban J connectivity index is 1.66. The Bertz CT molecular complexity index is 620. The number of rotatable bonds is 6. The number of nitrogens with zero attached hydrogens (tertiary/aromatic N) is 2. The summed E-state index contributed by atoms with van der Waals surface area (Å²) in [6.45, 7) is 2.37. The number of methoxy groups -OCH3 is 1. The van der Waals surface area contributed by atoms with Crippen molar-refractivity contribution in [2.75, 3.05) is 39.6 Å². The first-order valence-corrected chi connectivity index (χ1v) is 10.0. The van der Waals surface area contributed by atoms with Gasteiger partial charge in [0.2, 0.25) is 11.8 Å². The molecule has 1 aromatic rings. The number of ether oxygens (including phenoxy) is 1. The highest BCUT2D eigenvalue weighted by Crippen LogP contribution is 2.29. The molecule has 2 atom stereocenters. The van der Waals surface area contributed by atoms with Crippen LogP contribution in [0.5, 0.6) is 0 Å². The summed E-state index contributed by atoms with van der Waals surface area (Å²) in [5, 5.41) is 0. The zero-order valence-electron chi connectivity index (χ0n) is 14.9. The molecule has 2 bridgehead atoms. The molecule has 2 amide bonds. The van der Waals surface area contributed by atoms with Gasteiger partial charge < -0.3 is 14.5 Å². The predicted octanol–water partition coefficient (Wildman–Crippen LogP) is 2.05. The van der Waals surface area contributed by atoms with Crippen molar-refractivity contribution >= 4 is 23.6 Å². The second-order valence-corrected chi connectivity index (χ2v) is 7.66. The quantitative estimate of drug-likeness (QED) is 0.727. The van der Waals surface area contributed by atoms with Crippen LogP contribution in [0.15, 0.2) is 29.2 Å². The zero-order chi connectivity index (χ0) is 17.8. The monoisotopic (exact) mass is 362 g/mol. The predicted molar refractivity (Wildman–Crippen MR) is 98.6 cm³/mol. The zero-order valence-corrected chi connectivity index (χ0v) is 15.8. The molecule has 25 heavy (non-hydrogen) atoms. The van der Waals surface area contributed by atoms with Crippen molar-refractivity contribution < 1.29 is 14.3 Å². The highest BCUT2D eigenvalue weighted by Gasteiger charge is 2.41. The fourth-order valence-corrected chi connectivity index (χ4v) is 4.17. The van der Waals surface area contributed by atoms with Crippen LogP contribution < -0.4 is 0 Å². The van der Waals surface area contributed by atoms with Gasteiger partial charge in [0.25, 0.3) is 0 Å². The number of fused-ring (bicyclic) bond motifs is 4. The molecule has 0 N–H and O–H groups in total. The summed E-state index contributed by atoms with van der Waals surface area (Å²) in [7, 11) is 1.65. The van der Waals surface area contributed by atoms with Crippen LogP contribution in [-0.2, 0) is 20.7 Å². The van der Waals surface area contributed by atoms with Gasteiger partial charge in [-0.3, -0.25) is 9.59 Å². The van der Waals surface area contributed by atoms with Crippen LogP contribution in [-0.4, -0.2) is 67.3 Å². The first kappa shape index (κ1) is 18.3. The molecule has 1 aromatic carbocycles. The maximum Gasteiger partial charge on any atom is 0.227 e. The maximum atomic E-state index is 12.8. The Morgan fingerprint density at radius 3 is 2.68 bits per heavy atom. The molecule has 0 radical (unpaired) electrons. The molecule has 3 aliphatic rings. The van der Waals surface area contributed by atoms with E-state index in [-0.39, 0.29) is 23.8 Å². The van der Waals surface area contributed by atoms with Crippen molar-refractivity contribution in [1.29, 1.82) is 0 Å². The number of carbonyl (C=O) groups is 2. The van der Waals surface area contributed by atoms with Gasteiger partial charge in [0, 0.05) is 37.7 Å². The van der Waals surface area contributed by atoms with E-state index >= 15 is 0 Å². The third-order valence-electron chi connectivity index (χ3n) is 5.20. The van der Waals surface area contributed by atoms with Gasteiger partial charge in [-0.2, -0.15) is 0 Å². The molecule has 0 aromatic heterocycles. The Hall–Kier alpha value is -1.53. The summed E-state index contributed by atoms with van der Waals surface area (Å²) < 4.78 is 5.14. The summed E-state index contributed by atoms with van der Waals surface area (Å²) in [4.78, 5) is 30.5. The smallest absolute Gasteiger partial charge is 0.227 e. The van der Waals surface area contributed by atoms with E-state index in [2.05, 4.69) is 12.1 Å². The van der Waals surface area contributed by atoms with Crippen LogP contribution in [0.4, 0.5) is 0 Å². The van der Waals surface area contributed by atoms with E-state index in [4.69, 9.17) is 4.74 Å². The number of hydrogen-bond acceptors (Lipinski definition) is 4. The van der Waals surface area contributed by atoms with Gasteiger partial charge in [-0.1, -0.05) is 12.1 Å². The Morgan fingerprint density at radius 1 is 1.24 bits per heavy atom. The average molecular weight is 362 g/mol. The minimum absolute atomic E-state index is 0.0570. The minimum Gasteiger partial charge on any atom is -0.383 e. The lowest BCUT2D eigenvalue weighted by atomic mass is 9.94. The van der Waals surface area contributed by atoms with Crippen LogP contribution in [0.25, 0.3) is 0 Å². The lowest BCUT2D eigenvalue weighted by Gasteiger charge is -2.35. The van der Waals surface area contributed by atoms with E-state index in [9.17, 15) is 9.59 Å². The van der Waals surface area contributed by atoms with Gasteiger partial charge in [-0.05, 0) is 36.8 Å². The van der Waals surface area contributed by atoms with Crippen molar-refractivity contribution in [3.63, 3.8) is 0 Å². The van der Waals surface area contributed by atoms with Gasteiger partial charge >= 0.3 is 0 Å². The largest absolute Gasteiger partial charge is 0.383 e. The fraction of sp³-hybridized carbons (Fsp3) is 0.579. The van der Waals surface area contributed by atoms with Gasteiger partial charge in [-0.25, -0.2) is 0 Å². The first-order chi connectivity index (χ1) is 12.1. The standard InChI is InChI=1S/C19H26N2O3S/c1-24-10-9-21-16-6-5-15(19(21)23)12-20(13-16)18(22)11-14-3-7-17(25-2)8-4-14/h3-4,7-8,15-16H,5-6,9-13H2,1-2H3/t15-,16+/m0/s1. The number of thioether (sulfide) groups is 1. The van der Waals surface area contributed by atoms with Crippen LogP contribution in [0.3, 0.4) is 0 Å². The normalized spacial score (nSPS) is 23.0. The molecule has 4 rings (SSSR count). The molecule has 3 heterocycles. The molecule has 0 aliphatic carbocycles. The Labute approximate surface area is 153 Å². The third-order valence-corrected chi connectivity index (χ3v) is 5.94. The summed E-state index contributed by atoms with van der Waals surface area (Å²) in [5.74, 6) is 0.251. The fourth-order valence-electron chi connectivity index (χ4n) is 3.76. The Morgan fingerprint density at radius 2 is 2.00 bits per heavy atom. The van der Waals surface area contributed by atoms with Crippen LogP contribution in [0, 0.1) is 5.92 Å².